The maximum absolute atomic E-state index is 12.2. The van der Waals surface area contributed by atoms with Crippen LogP contribution in [0.2, 0.25) is 0 Å². The summed E-state index contributed by atoms with van der Waals surface area (Å²) >= 11 is 0. The van der Waals surface area contributed by atoms with Crippen molar-refractivity contribution < 1.29 is 29.3 Å². The van der Waals surface area contributed by atoms with Crippen LogP contribution in [-0.2, 0) is 19.1 Å². The third-order valence-corrected chi connectivity index (χ3v) is 5.86. The SMILES string of the molecule is C=C(CO)C(=O)O[C@H]1CC(=C)[C@@H]2C[C@@H](O)C(=C)[C@@H]2[C@H]2OC(=O)[C@@H](C)[C@@H]21. The molecule has 6 nitrogen and oxygen atoms in total. The Morgan fingerprint density at radius 3 is 2.72 bits per heavy atom. The molecule has 6 heteroatoms. The molecule has 0 aromatic heterocycles. The van der Waals surface area contributed by atoms with Crippen LogP contribution in [0.1, 0.15) is 19.8 Å². The van der Waals surface area contributed by atoms with Crippen LogP contribution in [-0.4, -0.2) is 47.1 Å². The Morgan fingerprint density at radius 2 is 2.08 bits per heavy atom. The maximum atomic E-state index is 12.2. The van der Waals surface area contributed by atoms with Crippen molar-refractivity contribution in [3.05, 3.63) is 36.5 Å². The van der Waals surface area contributed by atoms with Crippen LogP contribution in [0.3, 0.4) is 0 Å². The van der Waals surface area contributed by atoms with E-state index in [1.807, 2.05) is 0 Å². The van der Waals surface area contributed by atoms with Gasteiger partial charge in [-0.1, -0.05) is 32.2 Å². The molecule has 2 saturated carbocycles. The van der Waals surface area contributed by atoms with Gasteiger partial charge in [0.2, 0.25) is 0 Å². The first-order valence-corrected chi connectivity index (χ1v) is 8.50. The molecule has 2 N–H and O–H groups in total. The van der Waals surface area contributed by atoms with E-state index in [0.29, 0.717) is 18.4 Å². The molecule has 3 rings (SSSR count). The van der Waals surface area contributed by atoms with E-state index in [9.17, 15) is 14.7 Å². The van der Waals surface area contributed by atoms with Crippen molar-refractivity contribution in [3.63, 3.8) is 0 Å². The van der Waals surface area contributed by atoms with E-state index in [1.165, 1.54) is 0 Å². The second-order valence-corrected chi connectivity index (χ2v) is 7.29. The molecule has 0 aromatic rings. The summed E-state index contributed by atoms with van der Waals surface area (Å²) in [7, 11) is 0. The average molecular weight is 348 g/mol. The number of esters is 2. The number of hydrogen-bond acceptors (Lipinski definition) is 6. The number of hydrogen-bond donors (Lipinski definition) is 2. The van der Waals surface area contributed by atoms with Gasteiger partial charge in [0, 0.05) is 18.3 Å². The van der Waals surface area contributed by atoms with E-state index < -0.39 is 36.8 Å². The Kier molecular flexibility index (Phi) is 4.60. The predicted octanol–water partition coefficient (Wildman–Crippen LogP) is 1.14. The Balaban J connectivity index is 1.95. The van der Waals surface area contributed by atoms with E-state index in [4.69, 9.17) is 14.6 Å². The van der Waals surface area contributed by atoms with Crippen molar-refractivity contribution in [1.82, 2.24) is 0 Å². The highest BCUT2D eigenvalue weighted by Gasteiger charge is 2.57. The number of carbonyl (C=O) groups excluding carboxylic acids is 2. The summed E-state index contributed by atoms with van der Waals surface area (Å²) in [6.45, 7) is 12.9. The summed E-state index contributed by atoms with van der Waals surface area (Å²) in [6.07, 6.45) is -0.868. The molecule has 0 aromatic carbocycles. The molecule has 1 heterocycles. The van der Waals surface area contributed by atoms with Gasteiger partial charge in [-0.3, -0.25) is 4.79 Å². The van der Waals surface area contributed by atoms with Crippen LogP contribution in [0.5, 0.6) is 0 Å². The molecule has 25 heavy (non-hydrogen) atoms. The standard InChI is InChI=1S/C19H24O6/c1-8-5-14(24-18(22)9(2)7-20)16-11(4)19(23)25-17(16)15-10(3)13(21)6-12(8)15/h11-17,20-21H,1-3,5-7H2,4H3/t11-,12-,13+,14-,15-,16+,17+/m0/s1. The highest BCUT2D eigenvalue weighted by Crippen LogP contribution is 2.52. The van der Waals surface area contributed by atoms with Gasteiger partial charge in [0.05, 0.1) is 24.2 Å². The van der Waals surface area contributed by atoms with Crippen LogP contribution in [0.4, 0.5) is 0 Å². The highest BCUT2D eigenvalue weighted by molar-refractivity contribution is 5.88. The lowest BCUT2D eigenvalue weighted by molar-refractivity contribution is -0.149. The van der Waals surface area contributed by atoms with Gasteiger partial charge in [0.1, 0.15) is 12.2 Å². The van der Waals surface area contributed by atoms with Gasteiger partial charge in [-0.05, 0) is 17.9 Å². The lowest BCUT2D eigenvalue weighted by atomic mass is 9.79. The van der Waals surface area contributed by atoms with Gasteiger partial charge in [-0.15, -0.1) is 0 Å². The van der Waals surface area contributed by atoms with Crippen molar-refractivity contribution in [2.45, 2.75) is 38.1 Å². The van der Waals surface area contributed by atoms with Crippen molar-refractivity contribution >= 4 is 11.9 Å². The molecule has 3 aliphatic rings. The minimum atomic E-state index is -0.684. The largest absolute Gasteiger partial charge is 0.461 e. The van der Waals surface area contributed by atoms with E-state index in [2.05, 4.69) is 19.7 Å². The molecule has 0 bridgehead atoms. The number of rotatable bonds is 3. The summed E-state index contributed by atoms with van der Waals surface area (Å²) in [6, 6.07) is 0. The lowest BCUT2D eigenvalue weighted by Crippen LogP contribution is -2.38. The van der Waals surface area contributed by atoms with Crippen molar-refractivity contribution in [2.24, 2.45) is 23.7 Å². The van der Waals surface area contributed by atoms with E-state index in [-0.39, 0.29) is 29.3 Å². The van der Waals surface area contributed by atoms with Gasteiger partial charge >= 0.3 is 11.9 Å². The van der Waals surface area contributed by atoms with Gasteiger partial charge in [-0.25, -0.2) is 4.79 Å². The third-order valence-electron chi connectivity index (χ3n) is 5.86. The Morgan fingerprint density at radius 1 is 1.40 bits per heavy atom. The van der Waals surface area contributed by atoms with E-state index in [0.717, 1.165) is 5.57 Å². The second-order valence-electron chi connectivity index (χ2n) is 7.29. The van der Waals surface area contributed by atoms with Crippen LogP contribution >= 0.6 is 0 Å². The van der Waals surface area contributed by atoms with Crippen LogP contribution < -0.4 is 0 Å². The van der Waals surface area contributed by atoms with Crippen LogP contribution in [0, 0.1) is 23.7 Å². The van der Waals surface area contributed by atoms with Crippen LogP contribution in [0.25, 0.3) is 0 Å². The van der Waals surface area contributed by atoms with E-state index >= 15 is 0 Å². The molecule has 7 atom stereocenters. The van der Waals surface area contributed by atoms with Crippen molar-refractivity contribution in [3.8, 4) is 0 Å². The first kappa shape index (κ1) is 17.9. The quantitative estimate of drug-likeness (QED) is 0.451. The zero-order chi connectivity index (χ0) is 18.5. The molecule has 136 valence electrons. The number of carbonyl (C=O) groups is 2. The monoisotopic (exact) mass is 348 g/mol. The average Bonchev–Trinajstić information content (AvgIpc) is 2.99. The Labute approximate surface area is 146 Å². The molecule has 0 unspecified atom stereocenters. The predicted molar refractivity (Wildman–Crippen MR) is 89.1 cm³/mol. The fourth-order valence-corrected chi connectivity index (χ4v) is 4.44. The smallest absolute Gasteiger partial charge is 0.336 e. The van der Waals surface area contributed by atoms with Gasteiger partial charge in [0.15, 0.2) is 0 Å². The minimum Gasteiger partial charge on any atom is -0.461 e. The van der Waals surface area contributed by atoms with Gasteiger partial charge < -0.3 is 19.7 Å². The number of fused-ring (bicyclic) bond motifs is 3. The number of aliphatic hydroxyl groups is 2. The molecule has 1 saturated heterocycles. The van der Waals surface area contributed by atoms with Gasteiger partial charge in [0.25, 0.3) is 0 Å². The maximum Gasteiger partial charge on any atom is 0.336 e. The first-order valence-electron chi connectivity index (χ1n) is 8.50. The summed E-state index contributed by atoms with van der Waals surface area (Å²) in [4.78, 5) is 24.3. The van der Waals surface area contributed by atoms with Crippen LogP contribution in [0.15, 0.2) is 36.5 Å². The molecule has 3 fully saturated rings. The zero-order valence-electron chi connectivity index (χ0n) is 14.3. The fourth-order valence-electron chi connectivity index (χ4n) is 4.44. The Bertz CT molecular complexity index is 650. The summed E-state index contributed by atoms with van der Waals surface area (Å²) in [5.74, 6) is -2.09. The number of aliphatic hydroxyl groups excluding tert-OH is 2. The van der Waals surface area contributed by atoms with Crippen molar-refractivity contribution in [2.75, 3.05) is 6.61 Å². The highest BCUT2D eigenvalue weighted by atomic mass is 16.6. The zero-order valence-corrected chi connectivity index (χ0v) is 14.3. The molecular formula is C19H24O6. The molecule has 0 radical (unpaired) electrons. The molecular weight excluding hydrogens is 324 g/mol. The summed E-state index contributed by atoms with van der Waals surface area (Å²) < 4.78 is 11.2. The van der Waals surface area contributed by atoms with E-state index in [1.54, 1.807) is 6.92 Å². The van der Waals surface area contributed by atoms with Crippen molar-refractivity contribution in [1.29, 1.82) is 0 Å². The van der Waals surface area contributed by atoms with Gasteiger partial charge in [-0.2, -0.15) is 0 Å². The minimum absolute atomic E-state index is 0.0377. The summed E-state index contributed by atoms with van der Waals surface area (Å²) in [5, 5.41) is 19.3. The topological polar surface area (TPSA) is 93.1 Å². The molecule has 2 aliphatic carbocycles. The molecule has 1 aliphatic heterocycles. The Hall–Kier alpha value is -1.92. The normalized spacial score (nSPS) is 40.1. The molecule has 0 amide bonds. The first-order chi connectivity index (χ1) is 11.8. The fraction of sp³-hybridized carbons (Fsp3) is 0.579. The lowest BCUT2D eigenvalue weighted by Gasteiger charge is -2.29. The molecule has 0 spiro atoms. The second kappa shape index (κ2) is 6.42. The third kappa shape index (κ3) is 2.83. The number of ether oxygens (including phenoxy) is 2. The summed E-state index contributed by atoms with van der Waals surface area (Å²) in [5.41, 5.74) is 1.46.